The summed E-state index contributed by atoms with van der Waals surface area (Å²) in [6.45, 7) is 10.3. The first-order valence-corrected chi connectivity index (χ1v) is 10.2. The van der Waals surface area contributed by atoms with Gasteiger partial charge in [0, 0.05) is 31.9 Å². The van der Waals surface area contributed by atoms with Crippen molar-refractivity contribution in [1.82, 2.24) is 25.1 Å². The van der Waals surface area contributed by atoms with Crippen LogP contribution in [0.3, 0.4) is 0 Å². The number of anilines is 1. The normalized spacial score (nSPS) is 17.7. The van der Waals surface area contributed by atoms with Crippen LogP contribution in [0.4, 0.5) is 5.82 Å². The number of rotatable bonds is 5. The molecule has 156 valence electrons. The van der Waals surface area contributed by atoms with Gasteiger partial charge in [0.2, 0.25) is 11.8 Å². The van der Waals surface area contributed by atoms with Gasteiger partial charge in [-0.1, -0.05) is 26.0 Å². The number of carbonyl (C=O) groups excluding carboxylic acids is 2. The summed E-state index contributed by atoms with van der Waals surface area (Å²) < 4.78 is 0. The Morgan fingerprint density at radius 2 is 2.07 bits per heavy atom. The number of para-hydroxylation sites is 1. The molecule has 1 aromatic carbocycles. The number of amides is 2. The summed E-state index contributed by atoms with van der Waals surface area (Å²) in [7, 11) is 0. The first kappa shape index (κ1) is 21.0. The quantitative estimate of drug-likeness (QED) is 0.799. The SMILES string of the molecule is CCN(CCN1CNC(=O)[C@H](C(C)C)Nc2nc(nc3ccccc23)C1)C(C)=O. The maximum atomic E-state index is 12.8. The molecule has 0 radical (unpaired) electrons. The molecule has 2 bridgehead atoms. The molecule has 2 amide bonds. The summed E-state index contributed by atoms with van der Waals surface area (Å²) in [5, 5.41) is 7.26. The highest BCUT2D eigenvalue weighted by atomic mass is 16.2. The van der Waals surface area contributed by atoms with Crippen LogP contribution in [-0.4, -0.2) is 63.9 Å². The molecule has 8 heteroatoms. The van der Waals surface area contributed by atoms with Gasteiger partial charge in [0.15, 0.2) is 0 Å². The van der Waals surface area contributed by atoms with E-state index in [1.807, 2.05) is 45.0 Å². The van der Waals surface area contributed by atoms with E-state index in [1.54, 1.807) is 11.8 Å². The van der Waals surface area contributed by atoms with Gasteiger partial charge in [-0.25, -0.2) is 9.97 Å². The fourth-order valence-corrected chi connectivity index (χ4v) is 3.50. The summed E-state index contributed by atoms with van der Waals surface area (Å²) in [5.41, 5.74) is 0.849. The first-order chi connectivity index (χ1) is 13.9. The van der Waals surface area contributed by atoms with Crippen LogP contribution in [0.1, 0.15) is 33.5 Å². The third-order valence-electron chi connectivity index (χ3n) is 5.25. The molecule has 0 saturated heterocycles. The third-order valence-corrected chi connectivity index (χ3v) is 5.25. The van der Waals surface area contributed by atoms with Crippen molar-refractivity contribution in [3.8, 4) is 0 Å². The molecule has 1 aliphatic heterocycles. The average molecular weight is 399 g/mol. The lowest BCUT2D eigenvalue weighted by Gasteiger charge is -2.30. The predicted octanol–water partition coefficient (Wildman–Crippen LogP) is 1.82. The van der Waals surface area contributed by atoms with Crippen LogP contribution in [0.25, 0.3) is 10.9 Å². The Kier molecular flexibility index (Phi) is 6.64. The van der Waals surface area contributed by atoms with E-state index in [1.165, 1.54) is 0 Å². The Balaban J connectivity index is 1.94. The number of carbonyl (C=O) groups is 2. The van der Waals surface area contributed by atoms with Crippen LogP contribution in [0.5, 0.6) is 0 Å². The fraction of sp³-hybridized carbons (Fsp3) is 0.524. The number of nitrogens with one attached hydrogen (secondary N) is 2. The highest BCUT2D eigenvalue weighted by Gasteiger charge is 2.26. The van der Waals surface area contributed by atoms with Crippen molar-refractivity contribution in [2.24, 2.45) is 5.92 Å². The largest absolute Gasteiger partial charge is 0.358 e. The fourth-order valence-electron chi connectivity index (χ4n) is 3.50. The number of hydrogen-bond acceptors (Lipinski definition) is 6. The molecule has 2 N–H and O–H groups in total. The zero-order chi connectivity index (χ0) is 21.0. The summed E-state index contributed by atoms with van der Waals surface area (Å²) in [4.78, 5) is 37.9. The minimum atomic E-state index is -0.398. The van der Waals surface area contributed by atoms with E-state index in [2.05, 4.69) is 15.5 Å². The lowest BCUT2D eigenvalue weighted by molar-refractivity contribution is -0.129. The smallest absolute Gasteiger partial charge is 0.243 e. The van der Waals surface area contributed by atoms with Gasteiger partial charge in [-0.05, 0) is 25.0 Å². The van der Waals surface area contributed by atoms with Crippen LogP contribution in [0.15, 0.2) is 24.3 Å². The van der Waals surface area contributed by atoms with Crippen molar-refractivity contribution in [3.63, 3.8) is 0 Å². The molecule has 29 heavy (non-hydrogen) atoms. The molecule has 3 rings (SSSR count). The Hall–Kier alpha value is -2.74. The second kappa shape index (κ2) is 9.17. The van der Waals surface area contributed by atoms with E-state index in [-0.39, 0.29) is 17.7 Å². The zero-order valence-electron chi connectivity index (χ0n) is 17.6. The summed E-state index contributed by atoms with van der Waals surface area (Å²) in [6.07, 6.45) is 0. The van der Waals surface area contributed by atoms with E-state index in [9.17, 15) is 9.59 Å². The highest BCUT2D eigenvalue weighted by Crippen LogP contribution is 2.23. The Morgan fingerprint density at radius 3 is 2.76 bits per heavy atom. The van der Waals surface area contributed by atoms with Crippen molar-refractivity contribution in [2.45, 2.75) is 40.3 Å². The van der Waals surface area contributed by atoms with Crippen LogP contribution in [0.2, 0.25) is 0 Å². The molecule has 1 aliphatic rings. The van der Waals surface area contributed by atoms with Crippen LogP contribution < -0.4 is 10.6 Å². The lowest BCUT2D eigenvalue weighted by atomic mass is 10.0. The van der Waals surface area contributed by atoms with Gasteiger partial charge in [-0.15, -0.1) is 0 Å². The maximum Gasteiger partial charge on any atom is 0.243 e. The van der Waals surface area contributed by atoms with Crippen LogP contribution in [-0.2, 0) is 16.1 Å². The molecular formula is C21H30N6O2. The second-order valence-corrected chi connectivity index (χ2v) is 7.72. The lowest BCUT2D eigenvalue weighted by Crippen LogP contribution is -2.49. The van der Waals surface area contributed by atoms with Crippen LogP contribution in [0, 0.1) is 5.92 Å². The van der Waals surface area contributed by atoms with Gasteiger partial charge in [-0.2, -0.15) is 0 Å². The van der Waals surface area contributed by atoms with Crippen molar-refractivity contribution in [1.29, 1.82) is 0 Å². The molecule has 2 heterocycles. The molecule has 0 fully saturated rings. The minimum absolute atomic E-state index is 0.0471. The summed E-state index contributed by atoms with van der Waals surface area (Å²) >= 11 is 0. The molecular weight excluding hydrogens is 368 g/mol. The third kappa shape index (κ3) is 5.00. The number of aromatic nitrogens is 2. The second-order valence-electron chi connectivity index (χ2n) is 7.72. The topological polar surface area (TPSA) is 90.5 Å². The number of likely N-dealkylation sites (N-methyl/N-ethyl adjacent to an activating group) is 1. The molecule has 1 aromatic heterocycles. The van der Waals surface area contributed by atoms with Crippen molar-refractivity contribution >= 4 is 28.5 Å². The molecule has 1 atom stereocenters. The number of fused-ring (bicyclic) bond motifs is 4. The number of benzene rings is 1. The first-order valence-electron chi connectivity index (χ1n) is 10.2. The molecule has 0 unspecified atom stereocenters. The summed E-state index contributed by atoms with van der Waals surface area (Å²) in [6, 6.07) is 7.42. The van der Waals surface area contributed by atoms with E-state index in [0.29, 0.717) is 44.5 Å². The average Bonchev–Trinajstić information content (AvgIpc) is 2.69. The number of hydrogen-bond donors (Lipinski definition) is 2. The van der Waals surface area contributed by atoms with E-state index in [0.717, 1.165) is 10.9 Å². The Labute approximate surface area is 171 Å². The van der Waals surface area contributed by atoms with Crippen LogP contribution >= 0.6 is 0 Å². The van der Waals surface area contributed by atoms with Gasteiger partial charge in [0.25, 0.3) is 0 Å². The van der Waals surface area contributed by atoms with E-state index < -0.39 is 6.04 Å². The Bertz CT molecular complexity index is 885. The minimum Gasteiger partial charge on any atom is -0.358 e. The maximum absolute atomic E-state index is 12.8. The standard InChI is InChI=1S/C21H30N6O2/c1-5-27(15(4)28)11-10-26-12-18-23-17-9-7-6-8-16(17)20(24-18)25-19(14(2)3)21(29)22-13-26/h6-9,14,19H,5,10-13H2,1-4H3,(H,22,29)(H,23,24,25)/t19-/m0/s1. The predicted molar refractivity (Wildman–Crippen MR) is 113 cm³/mol. The molecule has 2 aromatic rings. The van der Waals surface area contributed by atoms with Gasteiger partial charge in [0.05, 0.1) is 18.7 Å². The highest BCUT2D eigenvalue weighted by molar-refractivity contribution is 5.92. The Morgan fingerprint density at radius 1 is 1.31 bits per heavy atom. The van der Waals surface area contributed by atoms with Crippen molar-refractivity contribution < 1.29 is 9.59 Å². The van der Waals surface area contributed by atoms with Crippen molar-refractivity contribution in [2.75, 3.05) is 31.6 Å². The molecule has 0 saturated carbocycles. The van der Waals surface area contributed by atoms with Gasteiger partial charge in [-0.3, -0.25) is 14.5 Å². The monoisotopic (exact) mass is 398 g/mol. The van der Waals surface area contributed by atoms with E-state index >= 15 is 0 Å². The molecule has 0 spiro atoms. The van der Waals surface area contributed by atoms with Gasteiger partial charge in [0.1, 0.15) is 17.7 Å². The zero-order valence-corrected chi connectivity index (χ0v) is 17.6. The molecule has 8 nitrogen and oxygen atoms in total. The van der Waals surface area contributed by atoms with E-state index in [4.69, 9.17) is 9.97 Å². The van der Waals surface area contributed by atoms with Crippen molar-refractivity contribution in [3.05, 3.63) is 30.1 Å². The van der Waals surface area contributed by atoms with Gasteiger partial charge < -0.3 is 15.5 Å². The molecule has 0 aliphatic carbocycles. The summed E-state index contributed by atoms with van der Waals surface area (Å²) in [5.74, 6) is 1.45. The van der Waals surface area contributed by atoms with Gasteiger partial charge >= 0.3 is 0 Å². The number of nitrogens with zero attached hydrogens (tertiary/aromatic N) is 4.